The number of nitrogens with two attached hydrogens (primary N) is 1. The molecule has 20 heteroatoms. The van der Waals surface area contributed by atoms with Crippen LogP contribution in [0, 0.1) is 5.92 Å². The van der Waals surface area contributed by atoms with E-state index >= 15 is 0 Å². The van der Waals surface area contributed by atoms with Gasteiger partial charge in [0, 0.05) is 36.8 Å². The molecule has 7 N–H and O–H groups in total. The first-order chi connectivity index (χ1) is 31.2. The van der Waals surface area contributed by atoms with Gasteiger partial charge in [-0.05, 0) is 42.4 Å². The van der Waals surface area contributed by atoms with Crippen LogP contribution >= 0.6 is 34.4 Å². The lowest BCUT2D eigenvalue weighted by Crippen LogP contribution is -2.55. The predicted octanol–water partition coefficient (Wildman–Crippen LogP) is 5.31. The predicted molar refractivity (Wildman–Crippen MR) is 253 cm³/mol. The number of carbonyl (C=O) groups is 3. The number of hydrogen-bond acceptors (Lipinski definition) is 15. The number of rotatable bonds is 19. The summed E-state index contributed by atoms with van der Waals surface area (Å²) >= 11 is 4.34. The summed E-state index contributed by atoms with van der Waals surface area (Å²) in [6.07, 6.45) is 2.42. The summed E-state index contributed by atoms with van der Waals surface area (Å²) in [5, 5.41) is 32.2. The molecule has 2 aromatic carbocycles. The van der Waals surface area contributed by atoms with Crippen LogP contribution in [0.1, 0.15) is 72.1 Å². The third-order valence-corrected chi connectivity index (χ3v) is 13.4. The van der Waals surface area contributed by atoms with E-state index in [1.54, 1.807) is 42.4 Å². The number of nitrogen functional groups attached to an aromatic ring is 1. The number of amides is 4. The second-order valence-corrected chi connectivity index (χ2v) is 19.3. The van der Waals surface area contributed by atoms with Crippen LogP contribution in [0.15, 0.2) is 94.8 Å². The van der Waals surface area contributed by atoms with E-state index in [2.05, 4.69) is 44.7 Å². The number of urea groups is 1. The van der Waals surface area contributed by atoms with E-state index < -0.39 is 36.0 Å². The Morgan fingerprint density at radius 3 is 2.25 bits per heavy atom. The zero-order valence-corrected chi connectivity index (χ0v) is 39.6. The Labute approximate surface area is 391 Å². The van der Waals surface area contributed by atoms with Crippen molar-refractivity contribution in [1.82, 2.24) is 40.4 Å². The molecule has 0 bridgehead atoms. The minimum absolute atomic E-state index is 0.0572. The minimum atomic E-state index is -1.05. The van der Waals surface area contributed by atoms with Gasteiger partial charge in [0.05, 0.1) is 53.0 Å². The molecule has 0 radical (unpaired) electrons. The molecule has 350 valence electrons. The van der Waals surface area contributed by atoms with E-state index in [1.165, 1.54) is 32.6 Å². The molecule has 6 rings (SSSR count). The Kier molecular flexibility index (Phi) is 19.7. The van der Waals surface area contributed by atoms with E-state index in [-0.39, 0.29) is 54.1 Å². The summed E-state index contributed by atoms with van der Waals surface area (Å²) in [5.41, 5.74) is 9.07. The molecule has 4 amide bonds. The quantitative estimate of drug-likeness (QED) is 0.0617. The summed E-state index contributed by atoms with van der Waals surface area (Å²) < 4.78 is 12.1. The molecule has 0 saturated carbocycles. The van der Waals surface area contributed by atoms with Gasteiger partial charge >= 0.3 is 17.8 Å². The second kappa shape index (κ2) is 25.4. The molecular weight excluding hydrogens is 891 g/mol. The number of ether oxygens (including phenoxy) is 2. The van der Waals surface area contributed by atoms with Crippen LogP contribution in [-0.4, -0.2) is 103 Å². The number of nitrogens with zero attached hydrogens (tertiary/aromatic N) is 5. The van der Waals surface area contributed by atoms with Gasteiger partial charge in [0.25, 0.3) is 0 Å². The number of aliphatic hydroxyl groups is 2. The third-order valence-electron chi connectivity index (χ3n) is 10.2. The molecule has 1 saturated heterocycles. The topological polar surface area (TPSA) is 236 Å². The molecule has 0 spiro atoms. The van der Waals surface area contributed by atoms with Crippen molar-refractivity contribution in [3.05, 3.63) is 127 Å². The second-order valence-electron chi connectivity index (χ2n) is 16.1. The lowest BCUT2D eigenvalue weighted by molar-refractivity contribution is -0.124. The van der Waals surface area contributed by atoms with Crippen molar-refractivity contribution in [1.29, 1.82) is 0 Å². The maximum Gasteiger partial charge on any atom is 0.407 e. The highest BCUT2D eigenvalue weighted by Crippen LogP contribution is 2.34. The number of nitrogens with one attached hydrogen (secondary N) is 3. The van der Waals surface area contributed by atoms with Crippen molar-refractivity contribution in [2.75, 3.05) is 26.0 Å². The van der Waals surface area contributed by atoms with Crippen molar-refractivity contribution >= 4 is 58.3 Å². The lowest BCUT2D eigenvalue weighted by atomic mass is 9.93. The first-order valence-corrected chi connectivity index (χ1v) is 23.9. The number of carbonyl (C=O) groups excluding carboxylic acids is 3. The SMILES string of the molecule is CC(C)c1nc(CN(C)C(=O)N[C@H](C(=O)N[C@@H](Cc2ccccc2)C[C@H](O)[C@H](Cc2ccccc2)NC(=O)OCc2cncs2)C(C)C)cs1.Nc1ccn(C2COC(CO)S2)c(=O)n1. The number of aliphatic hydroxyl groups excluding tert-OH is 2. The number of hydrogen-bond donors (Lipinski definition) is 6. The molecule has 6 atom stereocenters. The van der Waals surface area contributed by atoms with Crippen molar-refractivity contribution in [2.24, 2.45) is 5.92 Å². The van der Waals surface area contributed by atoms with Crippen LogP contribution in [0.2, 0.25) is 0 Å². The minimum Gasteiger partial charge on any atom is -0.444 e. The van der Waals surface area contributed by atoms with Gasteiger partial charge in [-0.3, -0.25) is 14.3 Å². The summed E-state index contributed by atoms with van der Waals surface area (Å²) in [6.45, 7) is 8.62. The number of alkyl carbamates (subject to hydrolysis) is 1. The van der Waals surface area contributed by atoms with E-state index in [0.29, 0.717) is 31.9 Å². The fraction of sp³-hybridized carbons (Fsp3) is 0.444. The number of thiazole rings is 2. The van der Waals surface area contributed by atoms with E-state index in [0.717, 1.165) is 26.7 Å². The number of aromatic nitrogens is 4. The van der Waals surface area contributed by atoms with Crippen LogP contribution in [0.3, 0.4) is 0 Å². The highest BCUT2D eigenvalue weighted by atomic mass is 32.2. The summed E-state index contributed by atoms with van der Waals surface area (Å²) in [7, 11) is 1.68. The summed E-state index contributed by atoms with van der Waals surface area (Å²) in [4.78, 5) is 66.1. The van der Waals surface area contributed by atoms with Gasteiger partial charge < -0.3 is 46.3 Å². The van der Waals surface area contributed by atoms with Gasteiger partial charge in [-0.2, -0.15) is 4.98 Å². The van der Waals surface area contributed by atoms with Crippen molar-refractivity contribution < 1.29 is 34.1 Å². The highest BCUT2D eigenvalue weighted by molar-refractivity contribution is 8.00. The van der Waals surface area contributed by atoms with Crippen LogP contribution in [0.5, 0.6) is 0 Å². The Balaban J connectivity index is 0.000000443. The summed E-state index contributed by atoms with van der Waals surface area (Å²) in [5.74, 6) is -0.0695. The van der Waals surface area contributed by atoms with Crippen molar-refractivity contribution in [3.63, 3.8) is 0 Å². The highest BCUT2D eigenvalue weighted by Gasteiger charge is 2.31. The first kappa shape index (κ1) is 50.6. The number of anilines is 1. The Hall–Kier alpha value is -5.38. The average molecular weight is 950 g/mol. The molecule has 1 aliphatic heterocycles. The fourth-order valence-electron chi connectivity index (χ4n) is 6.72. The molecule has 5 aromatic rings. The normalized spacial score (nSPS) is 16.4. The Morgan fingerprint density at radius 1 is 0.969 bits per heavy atom. The van der Waals surface area contributed by atoms with Crippen LogP contribution < -0.4 is 27.4 Å². The zero-order valence-electron chi connectivity index (χ0n) is 37.1. The zero-order chi connectivity index (χ0) is 46.9. The summed E-state index contributed by atoms with van der Waals surface area (Å²) in [6, 6.07) is 18.3. The monoisotopic (exact) mass is 949 g/mol. The Morgan fingerprint density at radius 2 is 1.66 bits per heavy atom. The molecule has 3 aromatic heterocycles. The van der Waals surface area contributed by atoms with Gasteiger partial charge in [-0.25, -0.2) is 19.4 Å². The molecule has 4 heterocycles. The molecule has 2 unspecified atom stereocenters. The lowest BCUT2D eigenvalue weighted by Gasteiger charge is -2.30. The Bertz CT molecular complexity index is 2280. The maximum atomic E-state index is 13.9. The third kappa shape index (κ3) is 16.2. The van der Waals surface area contributed by atoms with E-state index in [4.69, 9.17) is 20.3 Å². The van der Waals surface area contributed by atoms with Crippen molar-refractivity contribution in [3.8, 4) is 0 Å². The van der Waals surface area contributed by atoms with Gasteiger partial charge in [-0.15, -0.1) is 34.4 Å². The number of benzene rings is 2. The van der Waals surface area contributed by atoms with Crippen LogP contribution in [0.25, 0.3) is 0 Å². The molecule has 1 fully saturated rings. The van der Waals surface area contributed by atoms with Gasteiger partial charge in [-0.1, -0.05) is 88.4 Å². The van der Waals surface area contributed by atoms with Crippen LogP contribution in [-0.2, 0) is 40.3 Å². The molecule has 65 heavy (non-hydrogen) atoms. The van der Waals surface area contributed by atoms with Crippen molar-refractivity contribution in [2.45, 2.75) is 101 Å². The van der Waals surface area contributed by atoms with E-state index in [1.807, 2.05) is 79.9 Å². The molecular formula is C45H59N9O8S3. The number of thioether (sulfide) groups is 1. The van der Waals surface area contributed by atoms with Gasteiger partial charge in [0.1, 0.15) is 29.3 Å². The van der Waals surface area contributed by atoms with Gasteiger partial charge in [0.15, 0.2) is 0 Å². The largest absolute Gasteiger partial charge is 0.444 e. The maximum absolute atomic E-state index is 13.9. The standard InChI is InChI=1S/C37H48N6O5S2.C8H11N3O3S/c1-24(2)33(42-36(46)43(5)20-29-22-49-35(40-29)25(3)4)34(45)39-28(16-26-12-8-6-9-13-26)18-32(44)31(17-27-14-10-7-11-15-27)41-37(47)48-21-30-19-38-23-50-30;9-5-1-2-11(8(13)10-5)6-4-14-7(3-12)15-6/h6-15,19,22-25,28,31-33,44H,16-18,20-21H2,1-5H3,(H,39,45)(H,41,47)(H,42,46);1-2,6-7,12H,3-4H2,(H2,9,10,13)/t28-,31-,32-,33-;/m0./s1. The molecule has 0 aliphatic carbocycles. The van der Waals surface area contributed by atoms with Gasteiger partial charge in [0.2, 0.25) is 5.91 Å². The first-order valence-electron chi connectivity index (χ1n) is 21.2. The fourth-order valence-corrected chi connectivity index (χ4v) is 9.09. The average Bonchev–Trinajstić information content (AvgIpc) is 4.09. The molecule has 1 aliphatic rings. The molecule has 17 nitrogen and oxygen atoms in total. The van der Waals surface area contributed by atoms with Crippen LogP contribution in [0.4, 0.5) is 15.4 Å². The smallest absolute Gasteiger partial charge is 0.407 e. The van der Waals surface area contributed by atoms with E-state index in [9.17, 15) is 24.3 Å².